The van der Waals surface area contributed by atoms with E-state index in [0.717, 1.165) is 41.5 Å². The number of aryl methyl sites for hydroxylation is 1. The van der Waals surface area contributed by atoms with Crippen LogP contribution in [0, 0.1) is 18.8 Å². The molecule has 0 spiro atoms. The molecule has 1 amide bonds. The lowest BCUT2D eigenvalue weighted by molar-refractivity contribution is -0.120. The lowest BCUT2D eigenvalue weighted by Gasteiger charge is -2.17. The molecule has 1 aliphatic carbocycles. The van der Waals surface area contributed by atoms with Gasteiger partial charge in [-0.1, -0.05) is 6.42 Å². The van der Waals surface area contributed by atoms with Gasteiger partial charge >= 0.3 is 0 Å². The van der Waals surface area contributed by atoms with E-state index in [9.17, 15) is 4.79 Å². The normalized spacial score (nSPS) is 21.2. The Kier molecular flexibility index (Phi) is 4.91. The number of hydrogen-bond acceptors (Lipinski definition) is 2. The van der Waals surface area contributed by atoms with Crippen LogP contribution in [-0.4, -0.2) is 17.4 Å². The second-order valence-electron chi connectivity index (χ2n) is 5.78. The van der Waals surface area contributed by atoms with Crippen LogP contribution in [0.15, 0.2) is 24.3 Å². The first kappa shape index (κ1) is 15.9. The number of benzene rings is 1. The Hall–Kier alpha value is -1.52. The number of halogens is 1. The van der Waals surface area contributed by atoms with E-state index in [1.807, 2.05) is 25.1 Å². The maximum atomic E-state index is 12.4. The molecule has 4 nitrogen and oxygen atoms in total. The number of carbonyl (C=O) groups is 1. The van der Waals surface area contributed by atoms with Gasteiger partial charge in [-0.05, 0) is 56.5 Å². The monoisotopic (exact) mass is 307 g/mol. The van der Waals surface area contributed by atoms with E-state index in [0.29, 0.717) is 12.5 Å². The summed E-state index contributed by atoms with van der Waals surface area (Å²) >= 11 is 0. The Morgan fingerprint density at radius 3 is 2.95 bits per heavy atom. The second kappa shape index (κ2) is 6.50. The molecule has 0 aliphatic heterocycles. The molecule has 2 atom stereocenters. The minimum absolute atomic E-state index is 0. The first-order valence-corrected chi connectivity index (χ1v) is 7.27. The first-order valence-electron chi connectivity index (χ1n) is 7.27. The van der Waals surface area contributed by atoms with E-state index in [1.54, 1.807) is 0 Å². The minimum atomic E-state index is 0. The highest BCUT2D eigenvalue weighted by Gasteiger charge is 2.31. The molecule has 0 radical (unpaired) electrons. The lowest BCUT2D eigenvalue weighted by Crippen LogP contribution is -2.29. The lowest BCUT2D eigenvalue weighted by atomic mass is 9.95. The molecule has 2 aromatic rings. The second-order valence-corrected chi connectivity index (χ2v) is 5.78. The van der Waals surface area contributed by atoms with Gasteiger partial charge in [-0.25, -0.2) is 0 Å². The van der Waals surface area contributed by atoms with Crippen molar-refractivity contribution in [2.75, 3.05) is 11.9 Å². The van der Waals surface area contributed by atoms with Crippen molar-refractivity contribution in [1.82, 2.24) is 4.98 Å². The average Bonchev–Trinajstić information content (AvgIpc) is 3.02. The van der Waals surface area contributed by atoms with Gasteiger partial charge in [0.1, 0.15) is 0 Å². The number of carbonyl (C=O) groups excluding carboxylic acids is 1. The fourth-order valence-corrected chi connectivity index (χ4v) is 3.25. The number of fused-ring (bicyclic) bond motifs is 1. The third-order valence-electron chi connectivity index (χ3n) is 4.32. The summed E-state index contributed by atoms with van der Waals surface area (Å²) < 4.78 is 0. The molecule has 1 aliphatic rings. The van der Waals surface area contributed by atoms with Crippen LogP contribution in [0.4, 0.5) is 5.69 Å². The van der Waals surface area contributed by atoms with Gasteiger partial charge in [0, 0.05) is 28.2 Å². The Labute approximate surface area is 130 Å². The molecule has 1 fully saturated rings. The van der Waals surface area contributed by atoms with Gasteiger partial charge in [0.25, 0.3) is 0 Å². The van der Waals surface area contributed by atoms with Crippen LogP contribution in [0.3, 0.4) is 0 Å². The molecule has 1 aromatic heterocycles. The molecule has 1 heterocycles. The molecule has 0 unspecified atom stereocenters. The first-order chi connectivity index (χ1) is 9.67. The quantitative estimate of drug-likeness (QED) is 0.815. The van der Waals surface area contributed by atoms with E-state index in [4.69, 9.17) is 5.73 Å². The Morgan fingerprint density at radius 1 is 1.38 bits per heavy atom. The van der Waals surface area contributed by atoms with E-state index < -0.39 is 0 Å². The molecule has 1 aromatic carbocycles. The summed E-state index contributed by atoms with van der Waals surface area (Å²) in [5, 5.41) is 4.17. The minimum Gasteiger partial charge on any atom is -0.359 e. The Bertz CT molecular complexity index is 637. The van der Waals surface area contributed by atoms with Crippen molar-refractivity contribution in [2.45, 2.75) is 26.2 Å². The summed E-state index contributed by atoms with van der Waals surface area (Å²) in [6, 6.07) is 8.06. The number of rotatable bonds is 3. The van der Waals surface area contributed by atoms with Crippen molar-refractivity contribution in [3.63, 3.8) is 0 Å². The van der Waals surface area contributed by atoms with Gasteiger partial charge in [-0.2, -0.15) is 0 Å². The van der Waals surface area contributed by atoms with Crippen LogP contribution >= 0.6 is 12.4 Å². The number of anilines is 1. The van der Waals surface area contributed by atoms with Crippen LogP contribution in [-0.2, 0) is 4.79 Å². The maximum Gasteiger partial charge on any atom is 0.227 e. The maximum absolute atomic E-state index is 12.4. The highest BCUT2D eigenvalue weighted by Crippen LogP contribution is 2.32. The van der Waals surface area contributed by atoms with Gasteiger partial charge in [-0.15, -0.1) is 12.4 Å². The van der Waals surface area contributed by atoms with E-state index >= 15 is 0 Å². The van der Waals surface area contributed by atoms with Gasteiger partial charge in [0.2, 0.25) is 5.91 Å². The molecule has 1 saturated carbocycles. The molecule has 21 heavy (non-hydrogen) atoms. The number of amides is 1. The summed E-state index contributed by atoms with van der Waals surface area (Å²) in [6.45, 7) is 2.64. The molecular weight excluding hydrogens is 286 g/mol. The van der Waals surface area contributed by atoms with E-state index in [-0.39, 0.29) is 24.2 Å². The number of hydrogen-bond donors (Lipinski definition) is 3. The summed E-state index contributed by atoms with van der Waals surface area (Å²) in [4.78, 5) is 15.6. The van der Waals surface area contributed by atoms with Gasteiger partial charge in [0.05, 0.1) is 0 Å². The number of H-pyrrole nitrogens is 1. The van der Waals surface area contributed by atoms with Crippen LogP contribution in [0.5, 0.6) is 0 Å². The van der Waals surface area contributed by atoms with Gasteiger partial charge in [0.15, 0.2) is 0 Å². The number of nitrogens with two attached hydrogens (primary N) is 1. The number of aromatic nitrogens is 1. The van der Waals surface area contributed by atoms with Crippen molar-refractivity contribution in [3.05, 3.63) is 30.0 Å². The zero-order valence-electron chi connectivity index (χ0n) is 12.2. The fourth-order valence-electron chi connectivity index (χ4n) is 3.25. The summed E-state index contributed by atoms with van der Waals surface area (Å²) in [7, 11) is 0. The molecule has 0 bridgehead atoms. The molecular formula is C16H22ClN3O. The zero-order chi connectivity index (χ0) is 14.1. The molecule has 5 heteroatoms. The molecule has 0 saturated heterocycles. The highest BCUT2D eigenvalue weighted by atomic mass is 35.5. The van der Waals surface area contributed by atoms with Crippen molar-refractivity contribution < 1.29 is 4.79 Å². The third-order valence-corrected chi connectivity index (χ3v) is 4.32. The third kappa shape index (κ3) is 3.22. The van der Waals surface area contributed by atoms with Crippen LogP contribution in [0.1, 0.15) is 25.0 Å². The van der Waals surface area contributed by atoms with Crippen molar-refractivity contribution in [2.24, 2.45) is 17.6 Å². The van der Waals surface area contributed by atoms with Crippen LogP contribution < -0.4 is 11.1 Å². The molecule has 3 rings (SSSR count). The Balaban J connectivity index is 0.00000161. The van der Waals surface area contributed by atoms with Crippen molar-refractivity contribution in [3.8, 4) is 0 Å². The summed E-state index contributed by atoms with van der Waals surface area (Å²) in [5.41, 5.74) is 8.84. The number of nitrogens with one attached hydrogen (secondary N) is 2. The Morgan fingerprint density at radius 2 is 2.19 bits per heavy atom. The fraction of sp³-hybridized carbons (Fsp3) is 0.438. The smallest absolute Gasteiger partial charge is 0.227 e. The van der Waals surface area contributed by atoms with Gasteiger partial charge in [-0.3, -0.25) is 4.79 Å². The standard InChI is InChI=1S/C16H21N3O.ClH/c1-10-7-12-8-13(5-6-15(12)18-10)19-16(20)14-4-2-3-11(14)9-17;/h5-8,11,14,18H,2-4,9,17H2,1H3,(H,19,20);1H/t11-,14-;/m1./s1. The van der Waals surface area contributed by atoms with E-state index in [2.05, 4.69) is 16.4 Å². The SMILES string of the molecule is Cc1cc2cc(NC(=O)[C@@H]3CCC[C@@H]3CN)ccc2[nH]1.Cl. The highest BCUT2D eigenvalue weighted by molar-refractivity contribution is 5.95. The van der Waals surface area contributed by atoms with Crippen molar-refractivity contribution >= 4 is 34.9 Å². The topological polar surface area (TPSA) is 70.9 Å². The number of aromatic amines is 1. The largest absolute Gasteiger partial charge is 0.359 e. The van der Waals surface area contributed by atoms with Crippen molar-refractivity contribution in [1.29, 1.82) is 0 Å². The zero-order valence-corrected chi connectivity index (χ0v) is 13.0. The average molecular weight is 308 g/mol. The predicted molar refractivity (Wildman–Crippen MR) is 88.8 cm³/mol. The van der Waals surface area contributed by atoms with E-state index in [1.165, 1.54) is 0 Å². The van der Waals surface area contributed by atoms with Gasteiger partial charge < -0.3 is 16.0 Å². The summed E-state index contributed by atoms with van der Waals surface area (Å²) in [6.07, 6.45) is 3.14. The predicted octanol–water partition coefficient (Wildman–Crippen LogP) is 3.21. The molecule has 4 N–H and O–H groups in total. The summed E-state index contributed by atoms with van der Waals surface area (Å²) in [5.74, 6) is 0.529. The molecule has 114 valence electrons. The van der Waals surface area contributed by atoms with Crippen LogP contribution in [0.2, 0.25) is 0 Å². The van der Waals surface area contributed by atoms with Crippen LogP contribution in [0.25, 0.3) is 10.9 Å².